The Morgan fingerprint density at radius 2 is 2.25 bits per heavy atom. The van der Waals surface area contributed by atoms with E-state index in [1.54, 1.807) is 12.3 Å². The van der Waals surface area contributed by atoms with Crippen molar-refractivity contribution < 1.29 is 9.53 Å². The number of carbonyl (C=O) groups excluding carboxylic acids is 1. The molecule has 0 saturated heterocycles. The molecule has 1 aromatic rings. The number of cyclic esters (lactones) is 1. The number of pyridine rings is 1. The minimum atomic E-state index is -0.270. The van der Waals surface area contributed by atoms with Gasteiger partial charge in [-0.15, -0.1) is 0 Å². The number of hydrogen-bond donors (Lipinski definition) is 1. The number of H-pyrrole nitrogens is 1. The average molecular weight is 165 g/mol. The van der Waals surface area contributed by atoms with Crippen LogP contribution in [-0.4, -0.2) is 11.0 Å². The second kappa shape index (κ2) is 2.48. The molecule has 0 aliphatic carbocycles. The van der Waals surface area contributed by atoms with Crippen molar-refractivity contribution in [3.8, 4) is 0 Å². The van der Waals surface area contributed by atoms with Gasteiger partial charge in [0.2, 0.25) is 0 Å². The third-order valence-corrected chi connectivity index (χ3v) is 1.87. The monoisotopic (exact) mass is 165 g/mol. The summed E-state index contributed by atoms with van der Waals surface area (Å²) in [6.45, 7) is 0.102. The van der Waals surface area contributed by atoms with E-state index in [-0.39, 0.29) is 24.6 Å². The minimum Gasteiger partial charge on any atom is -0.460 e. The molecule has 0 spiro atoms. The van der Waals surface area contributed by atoms with Gasteiger partial charge in [0.15, 0.2) is 0 Å². The lowest BCUT2D eigenvalue weighted by Crippen LogP contribution is -2.24. The van der Waals surface area contributed by atoms with Gasteiger partial charge in [-0.25, -0.2) is 0 Å². The second-order valence-corrected chi connectivity index (χ2v) is 2.65. The third kappa shape index (κ3) is 1.01. The van der Waals surface area contributed by atoms with Crippen LogP contribution in [0.4, 0.5) is 0 Å². The SMILES string of the molecule is O=C1Cc2cc[nH]c(=O)c2CO1. The van der Waals surface area contributed by atoms with Crippen LogP contribution in [0.5, 0.6) is 0 Å². The van der Waals surface area contributed by atoms with Crippen molar-refractivity contribution in [3.05, 3.63) is 33.7 Å². The first-order valence-corrected chi connectivity index (χ1v) is 3.62. The van der Waals surface area contributed by atoms with E-state index in [9.17, 15) is 9.59 Å². The molecule has 0 amide bonds. The molecule has 0 aromatic carbocycles. The van der Waals surface area contributed by atoms with Crippen LogP contribution in [0.25, 0.3) is 0 Å². The lowest BCUT2D eigenvalue weighted by atomic mass is 10.1. The first-order chi connectivity index (χ1) is 5.77. The first kappa shape index (κ1) is 7.09. The summed E-state index contributed by atoms with van der Waals surface area (Å²) >= 11 is 0. The van der Waals surface area contributed by atoms with Crippen LogP contribution < -0.4 is 5.56 Å². The fourth-order valence-electron chi connectivity index (χ4n) is 1.23. The van der Waals surface area contributed by atoms with Gasteiger partial charge in [-0.1, -0.05) is 0 Å². The fraction of sp³-hybridized carbons (Fsp3) is 0.250. The summed E-state index contributed by atoms with van der Waals surface area (Å²) in [6, 6.07) is 1.73. The summed E-state index contributed by atoms with van der Waals surface area (Å²) in [6.07, 6.45) is 1.75. The van der Waals surface area contributed by atoms with Crippen molar-refractivity contribution in [2.75, 3.05) is 0 Å². The number of rotatable bonds is 0. The minimum absolute atomic E-state index is 0.102. The molecular weight excluding hydrogens is 158 g/mol. The molecule has 4 heteroatoms. The molecule has 2 heterocycles. The zero-order valence-electron chi connectivity index (χ0n) is 6.29. The molecule has 62 valence electrons. The zero-order chi connectivity index (χ0) is 8.55. The van der Waals surface area contributed by atoms with Gasteiger partial charge in [-0.05, 0) is 11.6 Å². The predicted molar refractivity (Wildman–Crippen MR) is 40.6 cm³/mol. The number of ether oxygens (including phenoxy) is 1. The lowest BCUT2D eigenvalue weighted by Gasteiger charge is -2.13. The maximum atomic E-state index is 11.1. The summed E-state index contributed by atoms with van der Waals surface area (Å²) in [5.74, 6) is -0.270. The van der Waals surface area contributed by atoms with E-state index in [1.165, 1.54) is 0 Å². The summed E-state index contributed by atoms with van der Waals surface area (Å²) < 4.78 is 4.73. The molecule has 0 saturated carbocycles. The number of hydrogen-bond acceptors (Lipinski definition) is 3. The topological polar surface area (TPSA) is 59.2 Å². The third-order valence-electron chi connectivity index (χ3n) is 1.87. The highest BCUT2D eigenvalue weighted by molar-refractivity contribution is 5.74. The molecule has 0 atom stereocenters. The number of aromatic nitrogens is 1. The molecule has 0 fully saturated rings. The molecule has 0 bridgehead atoms. The highest BCUT2D eigenvalue weighted by Crippen LogP contribution is 2.11. The zero-order valence-corrected chi connectivity index (χ0v) is 6.29. The highest BCUT2D eigenvalue weighted by atomic mass is 16.5. The Kier molecular flexibility index (Phi) is 1.46. The van der Waals surface area contributed by atoms with Crippen molar-refractivity contribution in [1.82, 2.24) is 4.98 Å². The van der Waals surface area contributed by atoms with E-state index in [4.69, 9.17) is 4.74 Å². The molecule has 0 radical (unpaired) electrons. The molecule has 12 heavy (non-hydrogen) atoms. The summed E-state index contributed by atoms with van der Waals surface area (Å²) in [5.41, 5.74) is 1.17. The Bertz CT molecular complexity index is 380. The van der Waals surface area contributed by atoms with Crippen molar-refractivity contribution in [2.24, 2.45) is 0 Å². The van der Waals surface area contributed by atoms with Crippen LogP contribution in [0.2, 0.25) is 0 Å². The quantitative estimate of drug-likeness (QED) is 0.549. The van der Waals surface area contributed by atoms with Crippen molar-refractivity contribution in [1.29, 1.82) is 0 Å². The van der Waals surface area contributed by atoms with Crippen molar-refractivity contribution in [3.63, 3.8) is 0 Å². The smallest absolute Gasteiger partial charge is 0.310 e. The second-order valence-electron chi connectivity index (χ2n) is 2.65. The molecule has 4 nitrogen and oxygen atoms in total. The Balaban J connectivity index is 2.56. The van der Waals surface area contributed by atoms with Crippen molar-refractivity contribution >= 4 is 5.97 Å². The van der Waals surface area contributed by atoms with Crippen LogP contribution >= 0.6 is 0 Å². The van der Waals surface area contributed by atoms with Crippen LogP contribution in [0, 0.1) is 0 Å². The Morgan fingerprint density at radius 1 is 1.42 bits per heavy atom. The van der Waals surface area contributed by atoms with Crippen LogP contribution in [-0.2, 0) is 22.6 Å². The van der Waals surface area contributed by atoms with Gasteiger partial charge in [-0.2, -0.15) is 0 Å². The molecule has 1 aliphatic rings. The molecule has 0 unspecified atom stereocenters. The van der Waals surface area contributed by atoms with Gasteiger partial charge in [0.1, 0.15) is 6.61 Å². The number of aromatic amines is 1. The van der Waals surface area contributed by atoms with E-state index < -0.39 is 0 Å². The van der Waals surface area contributed by atoms with Crippen LogP contribution in [0.3, 0.4) is 0 Å². The van der Waals surface area contributed by atoms with Crippen LogP contribution in [0.15, 0.2) is 17.1 Å². The van der Waals surface area contributed by atoms with Gasteiger partial charge < -0.3 is 9.72 Å². The summed E-state index contributed by atoms with van der Waals surface area (Å²) in [5, 5.41) is 0. The fourth-order valence-corrected chi connectivity index (χ4v) is 1.23. The van der Waals surface area contributed by atoms with E-state index in [0.29, 0.717) is 5.56 Å². The van der Waals surface area contributed by atoms with Gasteiger partial charge >= 0.3 is 5.97 Å². The van der Waals surface area contributed by atoms with E-state index in [1.807, 2.05) is 0 Å². The van der Waals surface area contributed by atoms with Gasteiger partial charge in [0, 0.05) is 6.20 Å². The lowest BCUT2D eigenvalue weighted by molar-refractivity contribution is -0.145. The number of nitrogens with one attached hydrogen (secondary N) is 1. The maximum absolute atomic E-state index is 11.1. The normalized spacial score (nSPS) is 15.2. The summed E-state index contributed by atoms with van der Waals surface area (Å²) in [7, 11) is 0. The highest BCUT2D eigenvalue weighted by Gasteiger charge is 2.18. The number of fused-ring (bicyclic) bond motifs is 1. The van der Waals surface area contributed by atoms with E-state index in [2.05, 4.69) is 4.98 Å². The molecule has 1 aliphatic heterocycles. The van der Waals surface area contributed by atoms with E-state index in [0.717, 1.165) is 5.56 Å². The number of esters is 1. The van der Waals surface area contributed by atoms with Crippen LogP contribution in [0.1, 0.15) is 11.1 Å². The maximum Gasteiger partial charge on any atom is 0.310 e. The Morgan fingerprint density at radius 3 is 3.08 bits per heavy atom. The average Bonchev–Trinajstić information content (AvgIpc) is 2.04. The van der Waals surface area contributed by atoms with E-state index >= 15 is 0 Å². The Hall–Kier alpha value is -1.58. The summed E-state index contributed by atoms with van der Waals surface area (Å²) in [4.78, 5) is 24.5. The van der Waals surface area contributed by atoms with Gasteiger partial charge in [-0.3, -0.25) is 9.59 Å². The molecule has 1 aromatic heterocycles. The predicted octanol–water partition coefficient (Wildman–Crippen LogP) is -0.0258. The number of carbonyl (C=O) groups is 1. The van der Waals surface area contributed by atoms with Crippen molar-refractivity contribution in [2.45, 2.75) is 13.0 Å². The molecule has 1 N–H and O–H groups in total. The molecule has 2 rings (SSSR count). The largest absolute Gasteiger partial charge is 0.460 e. The standard InChI is InChI=1S/C8H7NO3/c10-7-3-5-1-2-9-8(11)6(5)4-12-7/h1-2H,3-4H2,(H,9,11). The van der Waals surface area contributed by atoms with Gasteiger partial charge in [0.05, 0.1) is 12.0 Å². The first-order valence-electron chi connectivity index (χ1n) is 3.62. The van der Waals surface area contributed by atoms with Gasteiger partial charge in [0.25, 0.3) is 5.56 Å². The Labute approximate surface area is 68.2 Å². The molecular formula is C8H7NO3.